The first-order chi connectivity index (χ1) is 8.61. The van der Waals surface area contributed by atoms with E-state index >= 15 is 0 Å². The number of aliphatic hydroxyl groups is 1. The van der Waals surface area contributed by atoms with E-state index in [9.17, 15) is 9.50 Å². The normalized spacial score (nSPS) is 19.9. The lowest BCUT2D eigenvalue weighted by molar-refractivity contribution is -0.0130. The van der Waals surface area contributed by atoms with Crippen molar-refractivity contribution >= 4 is 0 Å². The zero-order chi connectivity index (χ0) is 13.0. The smallest absolute Gasteiger partial charge is 0.123 e. The minimum Gasteiger partial charge on any atom is -0.388 e. The lowest BCUT2D eigenvalue weighted by Gasteiger charge is -2.37. The number of nitrogens with two attached hydrogens (primary N) is 1. The van der Waals surface area contributed by atoms with Crippen molar-refractivity contribution in [2.45, 2.75) is 24.9 Å². The fourth-order valence-electron chi connectivity index (χ4n) is 2.34. The number of likely N-dealkylation sites (tertiary alicyclic amines) is 1. The Hall–Kier alpha value is -0.970. The average Bonchev–Trinajstić information content (AvgIpc) is 2.40. The van der Waals surface area contributed by atoms with Crippen LogP contribution >= 0.6 is 0 Å². The molecule has 0 aromatic heterocycles. The molecular weight excluding hydrogens is 231 g/mol. The highest BCUT2D eigenvalue weighted by molar-refractivity contribution is 5.16. The molecule has 1 aliphatic rings. The largest absolute Gasteiger partial charge is 0.388 e. The predicted molar refractivity (Wildman–Crippen MR) is 69.8 cm³/mol. The van der Waals surface area contributed by atoms with Gasteiger partial charge in [-0.2, -0.15) is 0 Å². The molecule has 0 unspecified atom stereocenters. The molecule has 1 fully saturated rings. The minimum absolute atomic E-state index is 0.190. The van der Waals surface area contributed by atoms with Gasteiger partial charge in [0.1, 0.15) is 5.82 Å². The second-order valence-electron chi connectivity index (χ2n) is 5.15. The summed E-state index contributed by atoms with van der Waals surface area (Å²) in [6, 6.07) is 6.66. The summed E-state index contributed by atoms with van der Waals surface area (Å²) >= 11 is 0. The highest BCUT2D eigenvalue weighted by Gasteiger charge is 2.30. The first-order valence-corrected chi connectivity index (χ1v) is 6.51. The van der Waals surface area contributed by atoms with Crippen LogP contribution in [-0.2, 0) is 6.42 Å². The lowest BCUT2D eigenvalue weighted by Crippen LogP contribution is -2.49. The Morgan fingerprint density at radius 1 is 1.22 bits per heavy atom. The van der Waals surface area contributed by atoms with E-state index < -0.39 is 5.60 Å². The van der Waals surface area contributed by atoms with Gasteiger partial charge >= 0.3 is 0 Å². The fraction of sp³-hybridized carbons (Fsp3) is 0.571. The highest BCUT2D eigenvalue weighted by Crippen LogP contribution is 2.20. The fourth-order valence-corrected chi connectivity index (χ4v) is 2.34. The summed E-state index contributed by atoms with van der Waals surface area (Å²) in [6.07, 6.45) is 2.40. The lowest BCUT2D eigenvalue weighted by atomic mass is 9.91. The summed E-state index contributed by atoms with van der Waals surface area (Å²) in [5.41, 5.74) is 6.05. The van der Waals surface area contributed by atoms with Crippen molar-refractivity contribution in [3.63, 3.8) is 0 Å². The van der Waals surface area contributed by atoms with E-state index in [1.54, 1.807) is 0 Å². The van der Waals surface area contributed by atoms with Crippen molar-refractivity contribution in [3.05, 3.63) is 35.6 Å². The first kappa shape index (κ1) is 13.5. The Morgan fingerprint density at radius 3 is 2.39 bits per heavy atom. The van der Waals surface area contributed by atoms with Crippen molar-refractivity contribution in [1.29, 1.82) is 0 Å². The molecule has 0 bridgehead atoms. The van der Waals surface area contributed by atoms with Crippen molar-refractivity contribution in [2.24, 2.45) is 5.73 Å². The molecule has 1 aromatic rings. The number of rotatable bonds is 4. The van der Waals surface area contributed by atoms with Gasteiger partial charge in [-0.1, -0.05) is 12.1 Å². The zero-order valence-corrected chi connectivity index (χ0v) is 10.6. The van der Waals surface area contributed by atoms with E-state index in [2.05, 4.69) is 4.90 Å². The van der Waals surface area contributed by atoms with E-state index in [4.69, 9.17) is 5.73 Å². The van der Waals surface area contributed by atoms with Crippen LogP contribution in [0.1, 0.15) is 18.4 Å². The average molecular weight is 252 g/mol. The number of hydrogen-bond donors (Lipinski definition) is 2. The SMILES string of the molecule is NCC1(O)CCN(CCc2ccc(F)cc2)CC1. The first-order valence-electron chi connectivity index (χ1n) is 6.51. The van der Waals surface area contributed by atoms with Crippen molar-refractivity contribution in [1.82, 2.24) is 4.90 Å². The van der Waals surface area contributed by atoms with Crippen LogP contribution in [0.4, 0.5) is 4.39 Å². The molecule has 0 aliphatic carbocycles. The van der Waals surface area contributed by atoms with Gasteiger partial charge in [0.2, 0.25) is 0 Å². The number of hydrogen-bond acceptors (Lipinski definition) is 3. The van der Waals surface area contributed by atoms with Crippen molar-refractivity contribution in [2.75, 3.05) is 26.2 Å². The van der Waals surface area contributed by atoms with E-state index in [0.29, 0.717) is 6.54 Å². The summed E-state index contributed by atoms with van der Waals surface area (Å²) in [7, 11) is 0. The molecule has 3 N–H and O–H groups in total. The van der Waals surface area contributed by atoms with Crippen molar-refractivity contribution < 1.29 is 9.50 Å². The topological polar surface area (TPSA) is 49.5 Å². The Kier molecular flexibility index (Phi) is 4.32. The molecule has 0 saturated carbocycles. The van der Waals surface area contributed by atoms with Crippen LogP contribution in [-0.4, -0.2) is 41.8 Å². The molecule has 18 heavy (non-hydrogen) atoms. The summed E-state index contributed by atoms with van der Waals surface area (Å²) in [5.74, 6) is -0.190. The Labute approximate surface area is 107 Å². The van der Waals surface area contributed by atoms with Gasteiger partial charge in [-0.25, -0.2) is 4.39 Å². The molecule has 0 radical (unpaired) electrons. The summed E-state index contributed by atoms with van der Waals surface area (Å²) in [5, 5.41) is 10.0. The Bertz CT molecular complexity index is 372. The maximum Gasteiger partial charge on any atom is 0.123 e. The van der Waals surface area contributed by atoms with Gasteiger partial charge in [-0.15, -0.1) is 0 Å². The zero-order valence-electron chi connectivity index (χ0n) is 10.6. The summed E-state index contributed by atoms with van der Waals surface area (Å²) < 4.78 is 12.8. The molecule has 1 aliphatic heterocycles. The second kappa shape index (κ2) is 5.78. The van der Waals surface area contributed by atoms with Gasteiger partial charge in [-0.05, 0) is 37.0 Å². The van der Waals surface area contributed by atoms with Crippen molar-refractivity contribution in [3.8, 4) is 0 Å². The predicted octanol–water partition coefficient (Wildman–Crippen LogP) is 1.15. The van der Waals surface area contributed by atoms with Crippen LogP contribution in [0.25, 0.3) is 0 Å². The maximum atomic E-state index is 12.8. The molecule has 3 nitrogen and oxygen atoms in total. The quantitative estimate of drug-likeness (QED) is 0.845. The molecule has 1 aromatic carbocycles. The van der Waals surface area contributed by atoms with Crippen LogP contribution < -0.4 is 5.73 Å². The van der Waals surface area contributed by atoms with Crippen LogP contribution in [0, 0.1) is 5.82 Å². The molecule has 1 saturated heterocycles. The molecule has 4 heteroatoms. The number of piperidine rings is 1. The third-order valence-corrected chi connectivity index (χ3v) is 3.80. The highest BCUT2D eigenvalue weighted by atomic mass is 19.1. The van der Waals surface area contributed by atoms with Crippen LogP contribution in [0.3, 0.4) is 0 Å². The molecule has 100 valence electrons. The van der Waals surface area contributed by atoms with Gasteiger partial charge in [0, 0.05) is 26.2 Å². The maximum absolute atomic E-state index is 12.8. The number of nitrogens with zero attached hydrogens (tertiary/aromatic N) is 1. The van der Waals surface area contributed by atoms with Crippen LogP contribution in [0.15, 0.2) is 24.3 Å². The van der Waals surface area contributed by atoms with Gasteiger partial charge in [0.25, 0.3) is 0 Å². The van der Waals surface area contributed by atoms with E-state index in [0.717, 1.165) is 44.5 Å². The van der Waals surface area contributed by atoms with Gasteiger partial charge in [0.05, 0.1) is 5.60 Å². The van der Waals surface area contributed by atoms with E-state index in [-0.39, 0.29) is 5.82 Å². The molecule has 1 heterocycles. The third-order valence-electron chi connectivity index (χ3n) is 3.80. The van der Waals surface area contributed by atoms with E-state index in [1.165, 1.54) is 12.1 Å². The molecule has 0 spiro atoms. The Balaban J connectivity index is 1.77. The second-order valence-corrected chi connectivity index (χ2v) is 5.15. The van der Waals surface area contributed by atoms with Gasteiger partial charge in [0.15, 0.2) is 0 Å². The number of benzene rings is 1. The summed E-state index contributed by atoms with van der Waals surface area (Å²) in [4.78, 5) is 2.33. The minimum atomic E-state index is -0.660. The van der Waals surface area contributed by atoms with Crippen LogP contribution in [0.2, 0.25) is 0 Å². The van der Waals surface area contributed by atoms with Crippen LogP contribution in [0.5, 0.6) is 0 Å². The molecule has 2 rings (SSSR count). The number of halogens is 1. The van der Waals surface area contributed by atoms with E-state index in [1.807, 2.05) is 12.1 Å². The standard InChI is InChI=1S/C14H21FN2O/c15-13-3-1-12(2-4-13)5-8-17-9-6-14(18,11-16)7-10-17/h1-4,18H,5-11,16H2. The van der Waals surface area contributed by atoms with Gasteiger partial charge < -0.3 is 15.7 Å². The Morgan fingerprint density at radius 2 is 1.83 bits per heavy atom. The monoisotopic (exact) mass is 252 g/mol. The molecular formula is C14H21FN2O. The summed E-state index contributed by atoms with van der Waals surface area (Å²) in [6.45, 7) is 3.06. The molecule has 0 amide bonds. The van der Waals surface area contributed by atoms with Gasteiger partial charge in [-0.3, -0.25) is 0 Å². The third kappa shape index (κ3) is 3.51. The molecule has 0 atom stereocenters.